The number of anilines is 1. The fourth-order valence-corrected chi connectivity index (χ4v) is 2.71. The van der Waals surface area contributed by atoms with Crippen molar-refractivity contribution in [3.8, 4) is 5.69 Å². The lowest BCUT2D eigenvalue weighted by molar-refractivity contribution is -0.130. The second-order valence-corrected chi connectivity index (χ2v) is 5.57. The van der Waals surface area contributed by atoms with Gasteiger partial charge < -0.3 is 20.4 Å². The van der Waals surface area contributed by atoms with Gasteiger partial charge in [0.25, 0.3) is 0 Å². The molecule has 0 unspecified atom stereocenters. The number of hydrogen-bond acceptors (Lipinski definition) is 4. The Morgan fingerprint density at radius 2 is 2.08 bits per heavy atom. The van der Waals surface area contributed by atoms with E-state index in [4.69, 9.17) is 10.5 Å². The van der Waals surface area contributed by atoms with Crippen molar-refractivity contribution in [2.24, 2.45) is 11.1 Å². The molecule has 0 bridgehead atoms. The van der Waals surface area contributed by atoms with Crippen LogP contribution in [0, 0.1) is 5.41 Å². The third-order valence-corrected chi connectivity index (χ3v) is 4.23. The Hall–Kier alpha value is -1.60. The lowest BCUT2D eigenvalue weighted by Gasteiger charge is -2.34. The highest BCUT2D eigenvalue weighted by Crippen LogP contribution is 2.31. The lowest BCUT2D eigenvalue weighted by atomic mass is 9.79. The van der Waals surface area contributed by atoms with E-state index < -0.39 is 5.41 Å². The van der Waals surface area contributed by atoms with Gasteiger partial charge in [-0.25, -0.2) is 4.98 Å². The van der Waals surface area contributed by atoms with E-state index in [0.29, 0.717) is 32.6 Å². The SMILES string of the molecule is Cl.Cl.NCC1(C(=O)Nc2cccc(-n3ccnc3)c2)CCOCC1. The van der Waals surface area contributed by atoms with Crippen LogP contribution in [0.5, 0.6) is 0 Å². The minimum Gasteiger partial charge on any atom is -0.381 e. The number of carbonyl (C=O) groups excluding carboxylic acids is 1. The number of nitrogens with zero attached hydrogens (tertiary/aromatic N) is 2. The number of nitrogens with two attached hydrogens (primary N) is 1. The molecule has 1 fully saturated rings. The predicted octanol–water partition coefficient (Wildman–Crippen LogP) is 2.41. The standard InChI is InChI=1S/C16H20N4O2.2ClH/c17-11-16(4-8-22-9-5-16)15(21)19-13-2-1-3-14(10-13)20-7-6-18-12-20;;/h1-3,6-7,10,12H,4-5,8-9,11,17H2,(H,19,21);2*1H. The summed E-state index contributed by atoms with van der Waals surface area (Å²) in [6.07, 6.45) is 6.63. The van der Waals surface area contributed by atoms with Crippen LogP contribution in [0.1, 0.15) is 12.8 Å². The molecule has 3 rings (SSSR count). The monoisotopic (exact) mass is 372 g/mol. The third-order valence-electron chi connectivity index (χ3n) is 4.23. The highest BCUT2D eigenvalue weighted by atomic mass is 35.5. The number of aromatic nitrogens is 2. The van der Waals surface area contributed by atoms with E-state index in [1.54, 1.807) is 12.5 Å². The minimum atomic E-state index is -0.525. The zero-order chi connectivity index (χ0) is 15.4. The Morgan fingerprint density at radius 3 is 2.71 bits per heavy atom. The van der Waals surface area contributed by atoms with Crippen LogP contribution in [-0.4, -0.2) is 35.2 Å². The molecule has 2 heterocycles. The van der Waals surface area contributed by atoms with E-state index in [0.717, 1.165) is 11.4 Å². The smallest absolute Gasteiger partial charge is 0.232 e. The van der Waals surface area contributed by atoms with E-state index in [9.17, 15) is 4.79 Å². The van der Waals surface area contributed by atoms with Crippen molar-refractivity contribution in [3.05, 3.63) is 43.0 Å². The van der Waals surface area contributed by atoms with Crippen molar-refractivity contribution < 1.29 is 9.53 Å². The van der Waals surface area contributed by atoms with Crippen LogP contribution in [0.25, 0.3) is 5.69 Å². The summed E-state index contributed by atoms with van der Waals surface area (Å²) in [6.45, 7) is 1.50. The number of ether oxygens (including phenoxy) is 1. The van der Waals surface area contributed by atoms with Crippen LogP contribution >= 0.6 is 24.8 Å². The number of amides is 1. The van der Waals surface area contributed by atoms with Crippen LogP contribution < -0.4 is 11.1 Å². The number of hydrogen-bond donors (Lipinski definition) is 2. The third kappa shape index (κ3) is 4.27. The van der Waals surface area contributed by atoms with Crippen molar-refractivity contribution >= 4 is 36.4 Å². The maximum absolute atomic E-state index is 12.7. The molecule has 1 amide bonds. The molecule has 0 atom stereocenters. The van der Waals surface area contributed by atoms with Crippen molar-refractivity contribution in [2.45, 2.75) is 12.8 Å². The summed E-state index contributed by atoms with van der Waals surface area (Å²) in [7, 11) is 0. The zero-order valence-corrected chi connectivity index (χ0v) is 14.8. The van der Waals surface area contributed by atoms with Gasteiger partial charge in [-0.15, -0.1) is 24.8 Å². The molecule has 0 aliphatic carbocycles. The number of carbonyl (C=O) groups is 1. The van der Waals surface area contributed by atoms with Crippen LogP contribution in [0.4, 0.5) is 5.69 Å². The van der Waals surface area contributed by atoms with Crippen molar-refractivity contribution in [3.63, 3.8) is 0 Å². The molecule has 0 saturated carbocycles. The highest BCUT2D eigenvalue weighted by Gasteiger charge is 2.38. The van der Waals surface area contributed by atoms with E-state index in [1.807, 2.05) is 35.0 Å². The van der Waals surface area contributed by atoms with Gasteiger partial charge >= 0.3 is 0 Å². The van der Waals surface area contributed by atoms with E-state index in [-0.39, 0.29) is 30.7 Å². The second kappa shape index (κ2) is 9.03. The fourth-order valence-electron chi connectivity index (χ4n) is 2.71. The molecule has 0 radical (unpaired) electrons. The molecule has 2 aromatic rings. The Morgan fingerprint density at radius 1 is 1.33 bits per heavy atom. The molecule has 8 heteroatoms. The number of halogens is 2. The summed E-state index contributed by atoms with van der Waals surface area (Å²) >= 11 is 0. The zero-order valence-electron chi connectivity index (χ0n) is 13.2. The van der Waals surface area contributed by atoms with Crippen LogP contribution in [0.2, 0.25) is 0 Å². The molecule has 24 heavy (non-hydrogen) atoms. The summed E-state index contributed by atoms with van der Waals surface area (Å²) in [5, 5.41) is 3.00. The molecule has 6 nitrogen and oxygen atoms in total. The van der Waals surface area contributed by atoms with E-state index in [2.05, 4.69) is 10.3 Å². The average molecular weight is 373 g/mol. The summed E-state index contributed by atoms with van der Waals surface area (Å²) < 4.78 is 7.24. The lowest BCUT2D eigenvalue weighted by Crippen LogP contribution is -2.46. The fraction of sp³-hybridized carbons (Fsp3) is 0.375. The van der Waals surface area contributed by atoms with Gasteiger partial charge in [-0.3, -0.25) is 4.79 Å². The molecule has 0 spiro atoms. The number of benzene rings is 1. The molecule has 1 aromatic heterocycles. The molecule has 1 aliphatic heterocycles. The summed E-state index contributed by atoms with van der Waals surface area (Å²) in [5.41, 5.74) is 7.05. The summed E-state index contributed by atoms with van der Waals surface area (Å²) in [6, 6.07) is 7.67. The maximum atomic E-state index is 12.7. The predicted molar refractivity (Wildman–Crippen MR) is 98.2 cm³/mol. The Labute approximate surface area is 153 Å². The Bertz CT molecular complexity index is 643. The Balaban J connectivity index is 0.00000144. The number of imidazole rings is 1. The largest absolute Gasteiger partial charge is 0.381 e. The molecule has 3 N–H and O–H groups in total. The molecular formula is C16H22Cl2N4O2. The van der Waals surface area contributed by atoms with Crippen molar-refractivity contribution in [1.82, 2.24) is 9.55 Å². The molecule has 1 aliphatic rings. The van der Waals surface area contributed by atoms with Gasteiger partial charge in [-0.1, -0.05) is 6.07 Å². The van der Waals surface area contributed by atoms with Crippen LogP contribution in [-0.2, 0) is 9.53 Å². The molecule has 132 valence electrons. The summed E-state index contributed by atoms with van der Waals surface area (Å²) in [5.74, 6) is -0.0268. The molecule has 1 saturated heterocycles. The highest BCUT2D eigenvalue weighted by molar-refractivity contribution is 5.95. The van der Waals surface area contributed by atoms with E-state index >= 15 is 0 Å². The number of rotatable bonds is 4. The van der Waals surface area contributed by atoms with Crippen molar-refractivity contribution in [2.75, 3.05) is 25.1 Å². The minimum absolute atomic E-state index is 0. The second-order valence-electron chi connectivity index (χ2n) is 5.57. The van der Waals surface area contributed by atoms with E-state index in [1.165, 1.54) is 0 Å². The molecular weight excluding hydrogens is 351 g/mol. The maximum Gasteiger partial charge on any atom is 0.232 e. The van der Waals surface area contributed by atoms with Gasteiger partial charge in [-0.05, 0) is 31.0 Å². The Kier molecular flexibility index (Phi) is 7.69. The first-order valence-electron chi connectivity index (χ1n) is 7.41. The van der Waals surface area contributed by atoms with Gasteiger partial charge in [0.1, 0.15) is 0 Å². The number of nitrogens with one attached hydrogen (secondary N) is 1. The molecule has 1 aromatic carbocycles. The summed E-state index contributed by atoms with van der Waals surface area (Å²) in [4.78, 5) is 16.7. The van der Waals surface area contributed by atoms with Gasteiger partial charge in [0.2, 0.25) is 5.91 Å². The topological polar surface area (TPSA) is 82.2 Å². The first kappa shape index (κ1) is 20.4. The van der Waals surface area contributed by atoms with Gasteiger partial charge in [0, 0.05) is 43.5 Å². The normalized spacial score (nSPS) is 15.7. The first-order valence-corrected chi connectivity index (χ1v) is 7.41. The van der Waals surface area contributed by atoms with Gasteiger partial charge in [0.15, 0.2) is 0 Å². The van der Waals surface area contributed by atoms with Crippen molar-refractivity contribution in [1.29, 1.82) is 0 Å². The average Bonchev–Trinajstić information content (AvgIpc) is 3.10. The van der Waals surface area contributed by atoms with Gasteiger partial charge in [-0.2, -0.15) is 0 Å². The quantitative estimate of drug-likeness (QED) is 0.862. The first-order chi connectivity index (χ1) is 10.7. The van der Waals surface area contributed by atoms with Gasteiger partial charge in [0.05, 0.1) is 11.7 Å². The van der Waals surface area contributed by atoms with Crippen LogP contribution in [0.3, 0.4) is 0 Å². The van der Waals surface area contributed by atoms with Crippen LogP contribution in [0.15, 0.2) is 43.0 Å².